The third-order valence-corrected chi connectivity index (χ3v) is 6.13. The quantitative estimate of drug-likeness (QED) is 0.577. The van der Waals surface area contributed by atoms with Gasteiger partial charge in [-0.3, -0.25) is 4.98 Å². The van der Waals surface area contributed by atoms with Crippen LogP contribution in [0.5, 0.6) is 0 Å². The van der Waals surface area contributed by atoms with Crippen LogP contribution in [0.25, 0.3) is 0 Å². The van der Waals surface area contributed by atoms with E-state index in [-0.39, 0.29) is 12.1 Å². The first-order chi connectivity index (χ1) is 13.3. The van der Waals surface area contributed by atoms with Crippen molar-refractivity contribution in [1.29, 1.82) is 0 Å². The molecule has 1 saturated carbocycles. The lowest BCUT2D eigenvalue weighted by Gasteiger charge is -2.30. The van der Waals surface area contributed by atoms with E-state index in [0.29, 0.717) is 6.04 Å². The molecular formula is C21H28N4OS. The van der Waals surface area contributed by atoms with E-state index in [4.69, 9.17) is 17.0 Å². The van der Waals surface area contributed by atoms with E-state index in [0.717, 1.165) is 30.4 Å². The Morgan fingerprint density at radius 3 is 2.81 bits per heavy atom. The molecule has 4 rings (SSSR count). The summed E-state index contributed by atoms with van der Waals surface area (Å²) >= 11 is 5.73. The number of pyridine rings is 1. The highest BCUT2D eigenvalue weighted by molar-refractivity contribution is 7.80. The SMILES string of the molecule is COCCCN1C(=S)NC(c2ccccn2)C1c1cccn1C1CCCC1. The molecule has 2 fully saturated rings. The van der Waals surface area contributed by atoms with Crippen LogP contribution in [0, 0.1) is 0 Å². The molecule has 5 nitrogen and oxygen atoms in total. The second-order valence-electron chi connectivity index (χ2n) is 7.44. The maximum Gasteiger partial charge on any atom is 0.170 e. The minimum Gasteiger partial charge on any atom is -0.385 e. The Hall–Kier alpha value is -1.92. The lowest BCUT2D eigenvalue weighted by molar-refractivity contribution is 0.179. The van der Waals surface area contributed by atoms with Gasteiger partial charge in [-0.2, -0.15) is 0 Å². The Morgan fingerprint density at radius 2 is 2.07 bits per heavy atom. The third kappa shape index (κ3) is 3.73. The minimum atomic E-state index is 0.0660. The molecule has 2 aromatic heterocycles. The van der Waals surface area contributed by atoms with Crippen LogP contribution >= 0.6 is 12.2 Å². The highest BCUT2D eigenvalue weighted by atomic mass is 32.1. The Bertz CT molecular complexity index is 757. The molecule has 2 aliphatic rings. The summed E-state index contributed by atoms with van der Waals surface area (Å²) in [5, 5.41) is 4.36. The summed E-state index contributed by atoms with van der Waals surface area (Å²) < 4.78 is 7.76. The fourth-order valence-corrected chi connectivity index (χ4v) is 4.85. The van der Waals surface area contributed by atoms with Crippen LogP contribution < -0.4 is 5.32 Å². The largest absolute Gasteiger partial charge is 0.385 e. The first-order valence-electron chi connectivity index (χ1n) is 9.93. The van der Waals surface area contributed by atoms with Gasteiger partial charge in [-0.25, -0.2) is 0 Å². The van der Waals surface area contributed by atoms with Crippen LogP contribution in [0.3, 0.4) is 0 Å². The average Bonchev–Trinajstić information content (AvgIpc) is 3.42. The van der Waals surface area contributed by atoms with Crippen molar-refractivity contribution in [2.24, 2.45) is 0 Å². The number of nitrogens with zero attached hydrogens (tertiary/aromatic N) is 3. The monoisotopic (exact) mass is 384 g/mol. The normalized spacial score (nSPS) is 23.1. The smallest absolute Gasteiger partial charge is 0.170 e. The molecular weight excluding hydrogens is 356 g/mol. The molecule has 1 N–H and O–H groups in total. The zero-order valence-electron chi connectivity index (χ0n) is 15.9. The molecule has 0 bridgehead atoms. The summed E-state index contributed by atoms with van der Waals surface area (Å²) in [5.41, 5.74) is 2.38. The lowest BCUT2D eigenvalue weighted by Crippen LogP contribution is -2.32. The lowest BCUT2D eigenvalue weighted by atomic mass is 10.0. The second-order valence-corrected chi connectivity index (χ2v) is 7.83. The Kier molecular flexibility index (Phi) is 5.74. The topological polar surface area (TPSA) is 42.3 Å². The maximum atomic E-state index is 5.73. The van der Waals surface area contributed by atoms with Gasteiger partial charge in [0.05, 0.1) is 17.8 Å². The van der Waals surface area contributed by atoms with Crippen molar-refractivity contribution in [2.45, 2.75) is 50.2 Å². The number of hydrogen-bond donors (Lipinski definition) is 1. The summed E-state index contributed by atoms with van der Waals surface area (Å²) in [4.78, 5) is 6.96. The molecule has 1 saturated heterocycles. The highest BCUT2D eigenvalue weighted by Gasteiger charge is 2.41. The van der Waals surface area contributed by atoms with Crippen LogP contribution in [0.4, 0.5) is 0 Å². The fourth-order valence-electron chi connectivity index (χ4n) is 4.52. The van der Waals surface area contributed by atoms with Gasteiger partial charge in [-0.05, 0) is 55.7 Å². The van der Waals surface area contributed by atoms with E-state index >= 15 is 0 Å². The highest BCUT2D eigenvalue weighted by Crippen LogP contribution is 2.41. The minimum absolute atomic E-state index is 0.0660. The molecule has 27 heavy (non-hydrogen) atoms. The molecule has 1 aliphatic heterocycles. The molecule has 144 valence electrons. The number of methoxy groups -OCH3 is 1. The van der Waals surface area contributed by atoms with E-state index in [1.165, 1.54) is 31.4 Å². The molecule has 0 radical (unpaired) electrons. The third-order valence-electron chi connectivity index (χ3n) is 5.78. The van der Waals surface area contributed by atoms with Gasteiger partial charge in [-0.1, -0.05) is 18.9 Å². The van der Waals surface area contributed by atoms with Crippen LogP contribution in [-0.2, 0) is 4.74 Å². The molecule has 6 heteroatoms. The zero-order chi connectivity index (χ0) is 18.6. The number of ether oxygens (including phenoxy) is 1. The van der Waals surface area contributed by atoms with Gasteiger partial charge in [0.25, 0.3) is 0 Å². The Morgan fingerprint density at radius 1 is 1.22 bits per heavy atom. The average molecular weight is 385 g/mol. The second kappa shape index (κ2) is 8.40. The fraction of sp³-hybridized carbons (Fsp3) is 0.524. The van der Waals surface area contributed by atoms with Crippen molar-refractivity contribution in [3.63, 3.8) is 0 Å². The summed E-state index contributed by atoms with van der Waals surface area (Å²) in [6.45, 7) is 1.62. The van der Waals surface area contributed by atoms with Crippen LogP contribution in [0.2, 0.25) is 0 Å². The Labute approximate surface area is 166 Å². The summed E-state index contributed by atoms with van der Waals surface area (Å²) in [5.74, 6) is 0. The van der Waals surface area contributed by atoms with Crippen molar-refractivity contribution in [2.75, 3.05) is 20.3 Å². The van der Waals surface area contributed by atoms with Crippen molar-refractivity contribution in [1.82, 2.24) is 19.8 Å². The molecule has 3 heterocycles. The summed E-state index contributed by atoms with van der Waals surface area (Å²) in [7, 11) is 1.75. The van der Waals surface area contributed by atoms with Gasteiger partial charge in [0.1, 0.15) is 0 Å². The van der Waals surface area contributed by atoms with Crippen molar-refractivity contribution in [3.8, 4) is 0 Å². The number of hydrogen-bond acceptors (Lipinski definition) is 3. The maximum absolute atomic E-state index is 5.73. The molecule has 0 aromatic carbocycles. The van der Waals surface area contributed by atoms with Gasteiger partial charge in [0.15, 0.2) is 5.11 Å². The van der Waals surface area contributed by atoms with Gasteiger partial charge >= 0.3 is 0 Å². The standard InChI is InChI=1S/C21H28N4OS/c1-26-15-7-14-25-20(18-11-6-13-24(18)16-8-2-3-9-16)19(23-21(25)27)17-10-4-5-12-22-17/h4-6,10-13,16,19-20H,2-3,7-9,14-15H2,1H3,(H,23,27). The van der Waals surface area contributed by atoms with Crippen LogP contribution in [-0.4, -0.2) is 39.8 Å². The molecule has 0 amide bonds. The van der Waals surface area contributed by atoms with Gasteiger partial charge in [0.2, 0.25) is 0 Å². The zero-order valence-corrected chi connectivity index (χ0v) is 16.7. The van der Waals surface area contributed by atoms with Crippen molar-refractivity contribution in [3.05, 3.63) is 54.1 Å². The molecule has 2 unspecified atom stereocenters. The first kappa shape index (κ1) is 18.4. The van der Waals surface area contributed by atoms with E-state index in [9.17, 15) is 0 Å². The number of aromatic nitrogens is 2. The van der Waals surface area contributed by atoms with Crippen molar-refractivity contribution >= 4 is 17.3 Å². The number of nitrogens with one attached hydrogen (secondary N) is 1. The van der Waals surface area contributed by atoms with Gasteiger partial charge in [0, 0.05) is 44.4 Å². The predicted molar refractivity (Wildman–Crippen MR) is 111 cm³/mol. The Balaban J connectivity index is 1.69. The molecule has 0 spiro atoms. The van der Waals surface area contributed by atoms with E-state index in [1.54, 1.807) is 7.11 Å². The van der Waals surface area contributed by atoms with E-state index in [1.807, 2.05) is 18.3 Å². The van der Waals surface area contributed by atoms with Crippen molar-refractivity contribution < 1.29 is 4.74 Å². The predicted octanol–water partition coefficient (Wildman–Crippen LogP) is 4.01. The number of rotatable bonds is 7. The molecule has 2 atom stereocenters. The summed E-state index contributed by atoms with van der Waals surface area (Å²) in [6, 6.07) is 11.4. The van der Waals surface area contributed by atoms with E-state index < -0.39 is 0 Å². The van der Waals surface area contributed by atoms with Crippen LogP contribution in [0.1, 0.15) is 61.6 Å². The first-order valence-corrected chi connectivity index (χ1v) is 10.3. The summed E-state index contributed by atoms with van der Waals surface area (Å²) in [6.07, 6.45) is 10.2. The van der Waals surface area contributed by atoms with Crippen LogP contribution in [0.15, 0.2) is 42.7 Å². The molecule has 1 aliphatic carbocycles. The van der Waals surface area contributed by atoms with Gasteiger partial charge < -0.3 is 19.5 Å². The molecule has 2 aromatic rings. The number of thiocarbonyl (C=S) groups is 1. The van der Waals surface area contributed by atoms with Gasteiger partial charge in [-0.15, -0.1) is 0 Å². The van der Waals surface area contributed by atoms with E-state index in [2.05, 4.69) is 44.2 Å².